The van der Waals surface area contributed by atoms with Crippen molar-refractivity contribution in [3.8, 4) is 5.75 Å². The monoisotopic (exact) mass is 273 g/mol. The van der Waals surface area contributed by atoms with Crippen molar-refractivity contribution in [2.75, 3.05) is 13.7 Å². The van der Waals surface area contributed by atoms with Gasteiger partial charge in [0.1, 0.15) is 5.75 Å². The number of carbonyl (C=O) groups excluding carboxylic acids is 1. The molecule has 3 heteroatoms. The second-order valence-corrected chi connectivity index (χ2v) is 5.98. The highest BCUT2D eigenvalue weighted by Gasteiger charge is 2.35. The summed E-state index contributed by atoms with van der Waals surface area (Å²) in [5, 5.41) is 0. The third-order valence-corrected chi connectivity index (χ3v) is 4.84. The van der Waals surface area contributed by atoms with E-state index < -0.39 is 0 Å². The molecule has 1 heterocycles. The van der Waals surface area contributed by atoms with Gasteiger partial charge in [0.2, 0.25) is 0 Å². The summed E-state index contributed by atoms with van der Waals surface area (Å²) in [5.41, 5.74) is 0.789. The van der Waals surface area contributed by atoms with Crippen molar-refractivity contribution in [1.82, 2.24) is 4.90 Å². The van der Waals surface area contributed by atoms with Crippen molar-refractivity contribution in [1.29, 1.82) is 0 Å². The molecule has 2 fully saturated rings. The molecule has 0 unspecified atom stereocenters. The van der Waals surface area contributed by atoms with Gasteiger partial charge in [0.15, 0.2) is 0 Å². The first kappa shape index (κ1) is 13.5. The van der Waals surface area contributed by atoms with Gasteiger partial charge in [-0.2, -0.15) is 0 Å². The first-order valence-corrected chi connectivity index (χ1v) is 7.74. The second-order valence-electron chi connectivity index (χ2n) is 5.98. The topological polar surface area (TPSA) is 29.5 Å². The average molecular weight is 273 g/mol. The van der Waals surface area contributed by atoms with Crippen LogP contribution >= 0.6 is 0 Å². The molecule has 20 heavy (non-hydrogen) atoms. The highest BCUT2D eigenvalue weighted by Crippen LogP contribution is 2.35. The first-order chi connectivity index (χ1) is 9.79. The van der Waals surface area contributed by atoms with Crippen LogP contribution in [-0.2, 0) is 0 Å². The van der Waals surface area contributed by atoms with Gasteiger partial charge < -0.3 is 9.64 Å². The van der Waals surface area contributed by atoms with Gasteiger partial charge in [0.25, 0.3) is 5.91 Å². The number of rotatable bonds is 2. The van der Waals surface area contributed by atoms with Gasteiger partial charge in [0, 0.05) is 18.2 Å². The molecule has 0 spiro atoms. The van der Waals surface area contributed by atoms with Crippen LogP contribution in [0, 0.1) is 5.92 Å². The zero-order valence-corrected chi connectivity index (χ0v) is 12.2. The molecule has 2 atom stereocenters. The van der Waals surface area contributed by atoms with E-state index in [0.29, 0.717) is 6.04 Å². The summed E-state index contributed by atoms with van der Waals surface area (Å²) in [6, 6.07) is 7.99. The third-order valence-electron chi connectivity index (χ3n) is 4.84. The predicted octanol–water partition coefficient (Wildman–Crippen LogP) is 3.49. The van der Waals surface area contributed by atoms with E-state index in [2.05, 4.69) is 4.90 Å². The minimum absolute atomic E-state index is 0.198. The van der Waals surface area contributed by atoms with Crippen LogP contribution in [0.5, 0.6) is 5.75 Å². The summed E-state index contributed by atoms with van der Waals surface area (Å²) in [4.78, 5) is 14.9. The lowest BCUT2D eigenvalue weighted by Crippen LogP contribution is -2.49. The molecule has 108 valence electrons. The fourth-order valence-electron chi connectivity index (χ4n) is 3.78. The van der Waals surface area contributed by atoms with Crippen LogP contribution in [0.1, 0.15) is 48.9 Å². The lowest BCUT2D eigenvalue weighted by atomic mass is 9.78. The number of piperidine rings is 1. The average Bonchev–Trinajstić information content (AvgIpc) is 2.54. The Kier molecular flexibility index (Phi) is 3.95. The molecule has 1 saturated heterocycles. The minimum atomic E-state index is 0.198. The van der Waals surface area contributed by atoms with Gasteiger partial charge in [0.05, 0.1) is 7.11 Å². The smallest absolute Gasteiger partial charge is 0.254 e. The van der Waals surface area contributed by atoms with Gasteiger partial charge in [-0.25, -0.2) is 0 Å². The molecule has 3 rings (SSSR count). The standard InChI is InChI=1S/C17H23NO2/c1-20-15-10-8-14(9-11-15)17(19)18-12-4-6-13-5-2-3-7-16(13)18/h8-11,13,16H,2-7,12H2,1H3/t13-,16-/m0/s1. The number of methoxy groups -OCH3 is 1. The summed E-state index contributed by atoms with van der Waals surface area (Å²) >= 11 is 0. The van der Waals surface area contributed by atoms with Gasteiger partial charge >= 0.3 is 0 Å². The Bertz CT molecular complexity index is 466. The van der Waals surface area contributed by atoms with Crippen molar-refractivity contribution in [3.63, 3.8) is 0 Å². The summed E-state index contributed by atoms with van der Waals surface area (Å²) in [6.45, 7) is 0.923. The number of fused-ring (bicyclic) bond motifs is 1. The SMILES string of the molecule is COc1ccc(C(=O)N2CCC[C@@H]3CCCC[C@@H]32)cc1. The summed E-state index contributed by atoms with van der Waals surface area (Å²) in [6.07, 6.45) is 7.56. The molecule has 2 aliphatic rings. The maximum absolute atomic E-state index is 12.7. The van der Waals surface area contributed by atoms with E-state index in [0.717, 1.165) is 30.2 Å². The van der Waals surface area contributed by atoms with E-state index in [-0.39, 0.29) is 5.91 Å². The molecular weight excluding hydrogens is 250 g/mol. The van der Waals surface area contributed by atoms with Crippen LogP contribution in [0.3, 0.4) is 0 Å². The molecule has 1 aliphatic carbocycles. The number of ether oxygens (including phenoxy) is 1. The van der Waals surface area contributed by atoms with Crippen LogP contribution in [0.2, 0.25) is 0 Å². The van der Waals surface area contributed by atoms with Crippen LogP contribution in [0.15, 0.2) is 24.3 Å². The molecule has 0 N–H and O–H groups in total. The van der Waals surface area contributed by atoms with E-state index in [9.17, 15) is 4.79 Å². The lowest BCUT2D eigenvalue weighted by molar-refractivity contribution is 0.0390. The Hall–Kier alpha value is -1.51. The number of amides is 1. The molecule has 0 radical (unpaired) electrons. The molecule has 1 aliphatic heterocycles. The molecule has 0 aromatic heterocycles. The first-order valence-electron chi connectivity index (χ1n) is 7.74. The van der Waals surface area contributed by atoms with E-state index >= 15 is 0 Å². The number of benzene rings is 1. The van der Waals surface area contributed by atoms with E-state index in [1.54, 1.807) is 7.11 Å². The van der Waals surface area contributed by atoms with Gasteiger partial charge in [-0.1, -0.05) is 12.8 Å². The van der Waals surface area contributed by atoms with E-state index in [1.165, 1.54) is 32.1 Å². The minimum Gasteiger partial charge on any atom is -0.497 e. The van der Waals surface area contributed by atoms with Gasteiger partial charge in [-0.15, -0.1) is 0 Å². The highest BCUT2D eigenvalue weighted by molar-refractivity contribution is 5.94. The highest BCUT2D eigenvalue weighted by atomic mass is 16.5. The van der Waals surface area contributed by atoms with Crippen LogP contribution < -0.4 is 4.74 Å². The maximum Gasteiger partial charge on any atom is 0.254 e. The van der Waals surface area contributed by atoms with Crippen molar-refractivity contribution in [2.24, 2.45) is 5.92 Å². The number of hydrogen-bond acceptors (Lipinski definition) is 2. The maximum atomic E-state index is 12.7. The lowest BCUT2D eigenvalue weighted by Gasteiger charge is -2.44. The van der Waals surface area contributed by atoms with Crippen LogP contribution in [0.25, 0.3) is 0 Å². The zero-order chi connectivity index (χ0) is 13.9. The fourth-order valence-corrected chi connectivity index (χ4v) is 3.78. The normalized spacial score (nSPS) is 25.9. The molecule has 3 nitrogen and oxygen atoms in total. The molecule has 0 bridgehead atoms. The van der Waals surface area contributed by atoms with E-state index in [4.69, 9.17) is 4.74 Å². The van der Waals surface area contributed by atoms with Crippen LogP contribution in [-0.4, -0.2) is 30.5 Å². The largest absolute Gasteiger partial charge is 0.497 e. The second kappa shape index (κ2) is 5.86. The van der Waals surface area contributed by atoms with Crippen molar-refractivity contribution in [3.05, 3.63) is 29.8 Å². The molecule has 1 saturated carbocycles. The Morgan fingerprint density at radius 1 is 1.10 bits per heavy atom. The number of nitrogens with zero attached hydrogens (tertiary/aromatic N) is 1. The molecular formula is C17H23NO2. The quantitative estimate of drug-likeness (QED) is 0.825. The number of carbonyl (C=O) groups is 1. The van der Waals surface area contributed by atoms with E-state index in [1.807, 2.05) is 24.3 Å². The molecule has 1 aromatic carbocycles. The number of likely N-dealkylation sites (tertiary alicyclic amines) is 1. The third kappa shape index (κ3) is 2.54. The Morgan fingerprint density at radius 3 is 2.55 bits per heavy atom. The van der Waals surface area contributed by atoms with Gasteiger partial charge in [-0.3, -0.25) is 4.79 Å². The Balaban J connectivity index is 1.77. The summed E-state index contributed by atoms with van der Waals surface area (Å²) in [5.74, 6) is 1.74. The van der Waals surface area contributed by atoms with Crippen molar-refractivity contribution < 1.29 is 9.53 Å². The summed E-state index contributed by atoms with van der Waals surface area (Å²) < 4.78 is 5.16. The Labute approximate surface area is 120 Å². The summed E-state index contributed by atoms with van der Waals surface area (Å²) in [7, 11) is 1.65. The van der Waals surface area contributed by atoms with Gasteiger partial charge in [-0.05, 0) is 55.9 Å². The Morgan fingerprint density at radius 2 is 1.80 bits per heavy atom. The fraction of sp³-hybridized carbons (Fsp3) is 0.588. The number of hydrogen-bond donors (Lipinski definition) is 0. The van der Waals surface area contributed by atoms with Crippen LogP contribution in [0.4, 0.5) is 0 Å². The van der Waals surface area contributed by atoms with Crippen molar-refractivity contribution >= 4 is 5.91 Å². The molecule has 1 aromatic rings. The zero-order valence-electron chi connectivity index (χ0n) is 12.2. The predicted molar refractivity (Wildman–Crippen MR) is 79.0 cm³/mol. The van der Waals surface area contributed by atoms with Crippen molar-refractivity contribution in [2.45, 2.75) is 44.6 Å². The molecule has 1 amide bonds.